The summed E-state index contributed by atoms with van der Waals surface area (Å²) in [5.74, 6) is 2.09. The lowest BCUT2D eigenvalue weighted by Gasteiger charge is -2.05. The number of carbonyl (C=O) groups excluding carboxylic acids is 1. The highest BCUT2D eigenvalue weighted by Gasteiger charge is 2.12. The van der Waals surface area contributed by atoms with Gasteiger partial charge >= 0.3 is 0 Å². The molecule has 1 N–H and O–H groups in total. The number of thiazole rings is 1. The summed E-state index contributed by atoms with van der Waals surface area (Å²) in [6.45, 7) is 0. The van der Waals surface area contributed by atoms with Gasteiger partial charge in [0, 0.05) is 28.5 Å². The fourth-order valence-corrected chi connectivity index (χ4v) is 4.32. The largest absolute Gasteiger partial charge is 0.493 e. The Morgan fingerprint density at radius 3 is 2.59 bits per heavy atom. The highest BCUT2D eigenvalue weighted by Crippen LogP contribution is 2.36. The van der Waals surface area contributed by atoms with Crippen molar-refractivity contribution in [2.45, 2.75) is 17.7 Å². The van der Waals surface area contributed by atoms with E-state index < -0.39 is 0 Å². The van der Waals surface area contributed by atoms with E-state index in [0.29, 0.717) is 23.1 Å². The normalized spacial score (nSPS) is 10.8. The highest BCUT2D eigenvalue weighted by molar-refractivity contribution is 7.99. The van der Waals surface area contributed by atoms with Crippen LogP contribution in [-0.2, 0) is 4.79 Å². The van der Waals surface area contributed by atoms with E-state index in [1.165, 1.54) is 11.3 Å². The Bertz CT molecular complexity index is 888. The maximum absolute atomic E-state index is 12.2. The third kappa shape index (κ3) is 5.28. The quantitative estimate of drug-likeness (QED) is 0.385. The number of methoxy groups -OCH3 is 2. The molecule has 0 aliphatic heterocycles. The predicted molar refractivity (Wildman–Crippen MR) is 113 cm³/mol. The molecule has 0 aliphatic carbocycles. The van der Waals surface area contributed by atoms with Crippen LogP contribution in [0, 0.1) is 0 Å². The molecule has 0 bridgehead atoms. The van der Waals surface area contributed by atoms with Crippen LogP contribution in [-0.4, -0.2) is 30.9 Å². The van der Waals surface area contributed by atoms with E-state index in [9.17, 15) is 4.79 Å². The van der Waals surface area contributed by atoms with E-state index in [1.54, 1.807) is 26.0 Å². The predicted octanol–water partition coefficient (Wildman–Crippen LogP) is 5.48. The van der Waals surface area contributed by atoms with E-state index in [0.717, 1.165) is 32.3 Å². The molecule has 3 aromatic rings. The number of amides is 1. The maximum Gasteiger partial charge on any atom is 0.226 e. The van der Waals surface area contributed by atoms with Gasteiger partial charge in [0.1, 0.15) is 0 Å². The molecule has 3 rings (SSSR count). The number of aromatic nitrogens is 1. The summed E-state index contributed by atoms with van der Waals surface area (Å²) in [7, 11) is 3.18. The van der Waals surface area contributed by atoms with Gasteiger partial charge in [-0.3, -0.25) is 4.79 Å². The van der Waals surface area contributed by atoms with Crippen LogP contribution in [0.5, 0.6) is 11.5 Å². The highest BCUT2D eigenvalue weighted by atomic mass is 35.5. The zero-order valence-corrected chi connectivity index (χ0v) is 17.3. The van der Waals surface area contributed by atoms with E-state index in [1.807, 2.05) is 36.4 Å². The van der Waals surface area contributed by atoms with Crippen LogP contribution in [0.1, 0.15) is 12.8 Å². The fraction of sp³-hybridized carbons (Fsp3) is 0.263. The molecule has 0 radical (unpaired) electrons. The Labute approximate surface area is 171 Å². The van der Waals surface area contributed by atoms with Gasteiger partial charge in [0.15, 0.2) is 16.6 Å². The summed E-state index contributed by atoms with van der Waals surface area (Å²) < 4.78 is 11.5. The third-order valence-corrected chi connectivity index (χ3v) is 6.05. The molecular weight excluding hydrogens is 404 g/mol. The maximum atomic E-state index is 12.2. The lowest BCUT2D eigenvalue weighted by Crippen LogP contribution is -2.11. The number of halogens is 1. The molecule has 0 unspecified atom stereocenters. The molecule has 0 aliphatic rings. The van der Waals surface area contributed by atoms with Gasteiger partial charge in [-0.25, -0.2) is 4.98 Å². The molecule has 0 spiro atoms. The molecule has 27 heavy (non-hydrogen) atoms. The number of rotatable bonds is 8. The van der Waals surface area contributed by atoms with Crippen molar-refractivity contribution in [3.8, 4) is 11.5 Å². The topological polar surface area (TPSA) is 60.5 Å². The first kappa shape index (κ1) is 19.8. The van der Waals surface area contributed by atoms with Crippen LogP contribution >= 0.6 is 34.7 Å². The minimum Gasteiger partial charge on any atom is -0.493 e. The number of thioether (sulfide) groups is 1. The average Bonchev–Trinajstić information content (AvgIpc) is 3.06. The standard InChI is InChI=1S/C19H19ClN2O3S2/c1-24-15-10-14-17(11-16(15)25-2)27-19(21-14)22-18(23)4-3-9-26-13-7-5-12(20)6-8-13/h5-8,10-11H,3-4,9H2,1-2H3,(H,21,22,23). The Hall–Kier alpha value is -1.96. The lowest BCUT2D eigenvalue weighted by molar-refractivity contribution is -0.116. The van der Waals surface area contributed by atoms with Gasteiger partial charge in [-0.15, -0.1) is 11.8 Å². The molecule has 0 saturated carbocycles. The van der Waals surface area contributed by atoms with Crippen LogP contribution in [0.2, 0.25) is 5.02 Å². The van der Waals surface area contributed by atoms with E-state index in [4.69, 9.17) is 21.1 Å². The minimum atomic E-state index is -0.0373. The number of carbonyl (C=O) groups is 1. The number of nitrogens with zero attached hydrogens (tertiary/aromatic N) is 1. The number of nitrogens with one attached hydrogen (secondary N) is 1. The molecule has 142 valence electrons. The number of ether oxygens (including phenoxy) is 2. The average molecular weight is 423 g/mol. The molecule has 5 nitrogen and oxygen atoms in total. The number of fused-ring (bicyclic) bond motifs is 1. The van der Waals surface area contributed by atoms with Gasteiger partial charge in [-0.05, 0) is 36.4 Å². The van der Waals surface area contributed by atoms with Crippen LogP contribution in [0.3, 0.4) is 0 Å². The second-order valence-electron chi connectivity index (χ2n) is 5.65. The molecule has 0 atom stereocenters. The molecular formula is C19H19ClN2O3S2. The second kappa shape index (κ2) is 9.30. The van der Waals surface area contributed by atoms with Gasteiger partial charge < -0.3 is 14.8 Å². The van der Waals surface area contributed by atoms with E-state index >= 15 is 0 Å². The molecule has 2 aromatic carbocycles. The number of benzene rings is 2. The smallest absolute Gasteiger partial charge is 0.226 e. The zero-order chi connectivity index (χ0) is 19.2. The van der Waals surface area contributed by atoms with Crippen molar-refractivity contribution in [1.29, 1.82) is 0 Å². The van der Waals surface area contributed by atoms with Gasteiger partial charge in [0.05, 0.1) is 24.4 Å². The summed E-state index contributed by atoms with van der Waals surface area (Å²) in [6.07, 6.45) is 1.23. The summed E-state index contributed by atoms with van der Waals surface area (Å²) in [4.78, 5) is 17.8. The number of hydrogen-bond acceptors (Lipinski definition) is 6. The second-order valence-corrected chi connectivity index (χ2v) is 8.28. The van der Waals surface area contributed by atoms with E-state index in [-0.39, 0.29) is 5.91 Å². The summed E-state index contributed by atoms with van der Waals surface area (Å²) in [5, 5.41) is 4.18. The van der Waals surface area contributed by atoms with Crippen molar-refractivity contribution >= 4 is 56.0 Å². The number of hydrogen-bond donors (Lipinski definition) is 1. The monoisotopic (exact) mass is 422 g/mol. The molecule has 0 fully saturated rings. The Balaban J connectivity index is 1.52. The van der Waals surface area contributed by atoms with Gasteiger partial charge in [-0.2, -0.15) is 0 Å². The zero-order valence-electron chi connectivity index (χ0n) is 15.0. The lowest BCUT2D eigenvalue weighted by atomic mass is 10.3. The first-order valence-electron chi connectivity index (χ1n) is 8.30. The number of anilines is 1. The Morgan fingerprint density at radius 2 is 1.89 bits per heavy atom. The molecule has 1 heterocycles. The fourth-order valence-electron chi connectivity index (χ4n) is 2.44. The van der Waals surface area contributed by atoms with Crippen molar-refractivity contribution in [3.05, 3.63) is 41.4 Å². The molecule has 0 saturated heterocycles. The van der Waals surface area contributed by atoms with Crippen molar-refractivity contribution in [1.82, 2.24) is 4.98 Å². The molecule has 8 heteroatoms. The SMILES string of the molecule is COc1cc2nc(NC(=O)CCCSc3ccc(Cl)cc3)sc2cc1OC. The van der Waals surface area contributed by atoms with Crippen LogP contribution in [0.4, 0.5) is 5.13 Å². The van der Waals surface area contributed by atoms with Crippen molar-refractivity contribution in [3.63, 3.8) is 0 Å². The van der Waals surface area contributed by atoms with Gasteiger partial charge in [0.2, 0.25) is 5.91 Å². The van der Waals surface area contributed by atoms with E-state index in [2.05, 4.69) is 10.3 Å². The summed E-state index contributed by atoms with van der Waals surface area (Å²) >= 11 is 9.00. The van der Waals surface area contributed by atoms with Crippen LogP contribution in [0.15, 0.2) is 41.3 Å². The first-order valence-corrected chi connectivity index (χ1v) is 10.5. The van der Waals surface area contributed by atoms with Gasteiger partial charge in [0.25, 0.3) is 0 Å². The van der Waals surface area contributed by atoms with Crippen molar-refractivity contribution in [2.24, 2.45) is 0 Å². The third-order valence-electron chi connectivity index (χ3n) is 3.77. The summed E-state index contributed by atoms with van der Waals surface area (Å²) in [5.41, 5.74) is 0.770. The van der Waals surface area contributed by atoms with Gasteiger partial charge in [-0.1, -0.05) is 22.9 Å². The van der Waals surface area contributed by atoms with Crippen molar-refractivity contribution in [2.75, 3.05) is 25.3 Å². The molecule has 1 amide bonds. The van der Waals surface area contributed by atoms with Crippen molar-refractivity contribution < 1.29 is 14.3 Å². The summed E-state index contributed by atoms with van der Waals surface area (Å²) in [6, 6.07) is 11.4. The van der Waals surface area contributed by atoms with Crippen LogP contribution in [0.25, 0.3) is 10.2 Å². The minimum absolute atomic E-state index is 0.0373. The first-order chi connectivity index (χ1) is 13.1. The molecule has 1 aromatic heterocycles. The Kier molecular flexibility index (Phi) is 6.82. The van der Waals surface area contributed by atoms with Crippen LogP contribution < -0.4 is 14.8 Å². The Morgan fingerprint density at radius 1 is 1.19 bits per heavy atom.